The number of nitrogens with one attached hydrogen (secondary N) is 1. The van der Waals surface area contributed by atoms with Gasteiger partial charge in [-0.15, -0.1) is 0 Å². The third kappa shape index (κ3) is 1.88. The van der Waals surface area contributed by atoms with Crippen LogP contribution in [0.2, 0.25) is 0 Å². The Hall–Kier alpha value is -1.35. The van der Waals surface area contributed by atoms with Crippen LogP contribution in [0.5, 0.6) is 0 Å². The van der Waals surface area contributed by atoms with Crippen LogP contribution in [0.25, 0.3) is 11.2 Å². The molecule has 1 fully saturated rings. The lowest BCUT2D eigenvalue weighted by Gasteiger charge is -2.18. The van der Waals surface area contributed by atoms with Crippen LogP contribution >= 0.6 is 12.2 Å². The van der Waals surface area contributed by atoms with Gasteiger partial charge in [-0.2, -0.15) is 0 Å². The third-order valence-electron chi connectivity index (χ3n) is 3.73. The van der Waals surface area contributed by atoms with E-state index in [1.54, 1.807) is 10.9 Å². The number of hydrogen-bond acceptors (Lipinski definition) is 6. The molecule has 0 bridgehead atoms. The van der Waals surface area contributed by atoms with Gasteiger partial charge in [0.05, 0.1) is 24.8 Å². The molecule has 4 N–H and O–H groups in total. The summed E-state index contributed by atoms with van der Waals surface area (Å²) in [6, 6.07) is -0.360. The molecule has 0 amide bonds. The molecular formula is C11H14N4O3S. The zero-order valence-corrected chi connectivity index (χ0v) is 10.8. The molecule has 8 heteroatoms. The number of aliphatic hydroxyl groups is 3. The second-order valence-corrected chi connectivity index (χ2v) is 5.19. The molecule has 4 atom stereocenters. The molecule has 0 saturated heterocycles. The molecule has 7 nitrogen and oxygen atoms in total. The number of aliphatic hydroxyl groups excluding tert-OH is 3. The summed E-state index contributed by atoms with van der Waals surface area (Å²) in [4.78, 5) is 11.2. The molecule has 2 heterocycles. The minimum absolute atomic E-state index is 0.158. The number of aromatic nitrogens is 4. The van der Waals surface area contributed by atoms with Crippen LogP contribution in [0.1, 0.15) is 12.5 Å². The highest BCUT2D eigenvalue weighted by atomic mass is 32.1. The Balaban J connectivity index is 2.06. The van der Waals surface area contributed by atoms with Crippen LogP contribution in [-0.4, -0.2) is 53.7 Å². The maximum absolute atomic E-state index is 10.1. The Morgan fingerprint density at radius 3 is 2.84 bits per heavy atom. The fourth-order valence-corrected chi connectivity index (χ4v) is 2.86. The Kier molecular flexibility index (Phi) is 3.09. The minimum atomic E-state index is -0.950. The molecule has 0 spiro atoms. The first-order valence-electron chi connectivity index (χ1n) is 6.00. The average Bonchev–Trinajstić information content (AvgIpc) is 2.94. The average molecular weight is 282 g/mol. The largest absolute Gasteiger partial charge is 0.396 e. The number of nitrogens with zero attached hydrogens (tertiary/aromatic N) is 3. The monoisotopic (exact) mass is 282 g/mol. The van der Waals surface area contributed by atoms with Crippen molar-refractivity contribution < 1.29 is 15.3 Å². The van der Waals surface area contributed by atoms with Crippen LogP contribution in [0.3, 0.4) is 0 Å². The molecule has 19 heavy (non-hydrogen) atoms. The zero-order chi connectivity index (χ0) is 13.6. The van der Waals surface area contributed by atoms with E-state index >= 15 is 0 Å². The summed E-state index contributed by atoms with van der Waals surface area (Å²) in [5, 5.41) is 29.1. The zero-order valence-electron chi connectivity index (χ0n) is 9.97. The summed E-state index contributed by atoms with van der Waals surface area (Å²) in [5.74, 6) is -0.337. The van der Waals surface area contributed by atoms with Crippen molar-refractivity contribution in [2.75, 3.05) is 6.61 Å². The molecule has 0 aliphatic heterocycles. The van der Waals surface area contributed by atoms with Crippen molar-refractivity contribution in [3.63, 3.8) is 0 Å². The molecule has 2 aromatic heterocycles. The van der Waals surface area contributed by atoms with Crippen LogP contribution in [-0.2, 0) is 0 Å². The molecule has 1 aliphatic carbocycles. The van der Waals surface area contributed by atoms with E-state index in [1.807, 2.05) is 0 Å². The fourth-order valence-electron chi connectivity index (χ4n) is 2.66. The van der Waals surface area contributed by atoms with Gasteiger partial charge in [-0.3, -0.25) is 0 Å². The topological polar surface area (TPSA) is 107 Å². The number of aromatic amines is 1. The van der Waals surface area contributed by atoms with Gasteiger partial charge in [-0.25, -0.2) is 9.97 Å². The second-order valence-electron chi connectivity index (χ2n) is 4.78. The quantitative estimate of drug-likeness (QED) is 0.567. The van der Waals surface area contributed by atoms with Gasteiger partial charge < -0.3 is 24.9 Å². The molecular weight excluding hydrogens is 268 g/mol. The number of fused-ring (bicyclic) bond motifs is 1. The maximum Gasteiger partial charge on any atom is 0.164 e. The predicted molar refractivity (Wildman–Crippen MR) is 69.0 cm³/mol. The maximum atomic E-state index is 10.1. The van der Waals surface area contributed by atoms with E-state index in [4.69, 9.17) is 12.2 Å². The summed E-state index contributed by atoms with van der Waals surface area (Å²) in [5.41, 5.74) is 1.13. The second kappa shape index (κ2) is 4.64. The van der Waals surface area contributed by atoms with Crippen molar-refractivity contribution in [2.45, 2.75) is 24.7 Å². The van der Waals surface area contributed by atoms with Gasteiger partial charge in [0.25, 0.3) is 0 Å². The fraction of sp³-hybridized carbons (Fsp3) is 0.545. The molecule has 0 unspecified atom stereocenters. The molecule has 102 valence electrons. The van der Waals surface area contributed by atoms with Crippen LogP contribution in [0.4, 0.5) is 0 Å². The Morgan fingerprint density at radius 1 is 1.37 bits per heavy atom. The van der Waals surface area contributed by atoms with Crippen molar-refractivity contribution in [1.29, 1.82) is 0 Å². The number of hydrogen-bond donors (Lipinski definition) is 4. The van der Waals surface area contributed by atoms with E-state index in [0.717, 1.165) is 0 Å². The van der Waals surface area contributed by atoms with Gasteiger partial charge in [-0.05, 0) is 6.42 Å². The van der Waals surface area contributed by atoms with E-state index in [1.165, 1.54) is 6.33 Å². The first-order valence-corrected chi connectivity index (χ1v) is 6.41. The lowest BCUT2D eigenvalue weighted by Crippen LogP contribution is -2.30. The standard InChI is InChI=1S/C11H14N4O3S/c16-2-5-1-6(9(18)8(5)17)15-4-14-7-10(15)12-3-13-11(7)19/h3-6,8-9,16-18H,1-2H2,(H,12,13,19)/t5-,6-,8-,9-/m0/s1. The van der Waals surface area contributed by atoms with E-state index in [0.29, 0.717) is 22.2 Å². The Bertz CT molecular complexity index is 655. The summed E-state index contributed by atoms with van der Waals surface area (Å²) >= 11 is 5.12. The summed E-state index contributed by atoms with van der Waals surface area (Å²) < 4.78 is 2.19. The van der Waals surface area contributed by atoms with Gasteiger partial charge in [0.1, 0.15) is 16.3 Å². The van der Waals surface area contributed by atoms with Crippen molar-refractivity contribution in [1.82, 2.24) is 19.5 Å². The highest BCUT2D eigenvalue weighted by Crippen LogP contribution is 2.36. The Morgan fingerprint density at radius 2 is 2.16 bits per heavy atom. The van der Waals surface area contributed by atoms with Crippen molar-refractivity contribution in [3.8, 4) is 0 Å². The van der Waals surface area contributed by atoms with E-state index in [2.05, 4.69) is 15.0 Å². The first kappa shape index (κ1) is 12.7. The van der Waals surface area contributed by atoms with Crippen LogP contribution in [0, 0.1) is 10.6 Å². The summed E-state index contributed by atoms with van der Waals surface area (Å²) in [6.07, 6.45) is 1.61. The first-order chi connectivity index (χ1) is 9.13. The van der Waals surface area contributed by atoms with Crippen LogP contribution < -0.4 is 0 Å². The molecule has 3 rings (SSSR count). The van der Waals surface area contributed by atoms with Crippen LogP contribution in [0.15, 0.2) is 12.7 Å². The molecule has 2 aromatic rings. The van der Waals surface area contributed by atoms with Gasteiger partial charge in [0.15, 0.2) is 5.65 Å². The summed E-state index contributed by atoms with van der Waals surface area (Å²) in [7, 11) is 0. The minimum Gasteiger partial charge on any atom is -0.396 e. The number of imidazole rings is 1. The van der Waals surface area contributed by atoms with Gasteiger partial charge in [0.2, 0.25) is 0 Å². The third-order valence-corrected chi connectivity index (χ3v) is 4.04. The van der Waals surface area contributed by atoms with Gasteiger partial charge in [0, 0.05) is 12.5 Å². The highest BCUT2D eigenvalue weighted by Gasteiger charge is 2.42. The highest BCUT2D eigenvalue weighted by molar-refractivity contribution is 7.71. The Labute approximate surface area is 113 Å². The molecule has 1 aliphatic rings. The lowest BCUT2D eigenvalue weighted by atomic mass is 10.1. The predicted octanol–water partition coefficient (Wildman–Crippen LogP) is -0.236. The SMILES string of the molecule is OC[C@@H]1C[C@H](n2cnc3c(=S)[nH]cnc32)[C@H](O)[C@H]1O. The smallest absolute Gasteiger partial charge is 0.164 e. The van der Waals surface area contributed by atoms with Gasteiger partial charge in [-0.1, -0.05) is 12.2 Å². The van der Waals surface area contributed by atoms with E-state index in [-0.39, 0.29) is 18.6 Å². The molecule has 0 radical (unpaired) electrons. The van der Waals surface area contributed by atoms with Gasteiger partial charge >= 0.3 is 0 Å². The van der Waals surface area contributed by atoms with E-state index in [9.17, 15) is 15.3 Å². The molecule has 1 saturated carbocycles. The lowest BCUT2D eigenvalue weighted by molar-refractivity contribution is -0.00370. The number of H-pyrrole nitrogens is 1. The normalized spacial score (nSPS) is 31.1. The molecule has 0 aromatic carbocycles. The van der Waals surface area contributed by atoms with Crippen molar-refractivity contribution in [2.24, 2.45) is 5.92 Å². The van der Waals surface area contributed by atoms with E-state index < -0.39 is 12.2 Å². The van der Waals surface area contributed by atoms with Crippen molar-refractivity contribution in [3.05, 3.63) is 17.3 Å². The summed E-state index contributed by atoms with van der Waals surface area (Å²) in [6.45, 7) is -0.158. The number of rotatable bonds is 2. The van der Waals surface area contributed by atoms with Crippen molar-refractivity contribution >= 4 is 23.4 Å².